The Labute approximate surface area is 122 Å². The van der Waals surface area contributed by atoms with Gasteiger partial charge < -0.3 is 0 Å². The molecule has 0 radical (unpaired) electrons. The average molecular weight is 365 g/mol. The van der Waals surface area contributed by atoms with E-state index in [2.05, 4.69) is 55.4 Å². The molecule has 2 fully saturated rings. The van der Waals surface area contributed by atoms with E-state index in [0.29, 0.717) is 0 Å². The molecule has 0 saturated carbocycles. The molecule has 2 saturated heterocycles. The molecule has 0 aromatic rings. The molecule has 0 amide bonds. The van der Waals surface area contributed by atoms with Gasteiger partial charge in [0.05, 0.1) is 0 Å². The zero-order valence-corrected chi connectivity index (χ0v) is 14.9. The average Bonchev–Trinajstić information content (AvgIpc) is 2.45. The molecule has 0 unspecified atom stereocenters. The summed E-state index contributed by atoms with van der Waals surface area (Å²) in [6, 6.07) is 0. The van der Waals surface area contributed by atoms with E-state index in [1.165, 1.54) is 0 Å². The second-order valence-corrected chi connectivity index (χ2v) is 11.7. The van der Waals surface area contributed by atoms with Crippen LogP contribution in [0.4, 0.5) is 0 Å². The van der Waals surface area contributed by atoms with E-state index < -0.39 is 0 Å². The van der Waals surface area contributed by atoms with E-state index in [-0.39, 0.29) is 52.9 Å². The van der Waals surface area contributed by atoms with Crippen LogP contribution in [0.3, 0.4) is 0 Å². The van der Waals surface area contributed by atoms with Crippen molar-refractivity contribution in [3.8, 4) is 0 Å². The first-order chi connectivity index (χ1) is 7.88. The normalized spacial score (nSPS) is 32.4. The molecule has 0 aromatic heterocycles. The quantitative estimate of drug-likeness (QED) is 0.351. The fourth-order valence-electron chi connectivity index (χ4n) is 1.95. The zero-order valence-electron chi connectivity index (χ0n) is 12.8. The van der Waals surface area contributed by atoms with Gasteiger partial charge in [-0.3, -0.25) is 0 Å². The van der Waals surface area contributed by atoms with Gasteiger partial charge in [0, 0.05) is 0 Å². The van der Waals surface area contributed by atoms with Crippen LogP contribution >= 0.6 is 0 Å². The molecule has 104 valence electrons. The summed E-state index contributed by atoms with van der Waals surface area (Å²) in [6.07, 6.45) is 0. The van der Waals surface area contributed by atoms with Gasteiger partial charge in [0.25, 0.3) is 0 Å². The Morgan fingerprint density at radius 3 is 1.44 bits per heavy atom. The summed E-state index contributed by atoms with van der Waals surface area (Å²) in [7, 11) is -0.205. The van der Waals surface area contributed by atoms with Crippen molar-refractivity contribution in [2.45, 2.75) is 75.6 Å². The molecule has 18 heavy (non-hydrogen) atoms. The molecular formula is C12H24B2IO3-. The van der Waals surface area contributed by atoms with Crippen LogP contribution in [-0.2, 0) is 14.0 Å². The summed E-state index contributed by atoms with van der Waals surface area (Å²) in [6.45, 7) is 17.3. The van der Waals surface area contributed by atoms with Crippen LogP contribution in [0.1, 0.15) is 55.4 Å². The number of hydrogen-bond donors (Lipinski definition) is 0. The fraction of sp³-hybridized carbons (Fsp3) is 1.00. The van der Waals surface area contributed by atoms with E-state index in [1.54, 1.807) is 0 Å². The van der Waals surface area contributed by atoms with Crippen molar-refractivity contribution in [3.05, 3.63) is 0 Å². The molecule has 0 bridgehead atoms. The minimum absolute atomic E-state index is 0.0887. The molecule has 0 N–H and O–H groups in total. The van der Waals surface area contributed by atoms with E-state index in [0.717, 1.165) is 0 Å². The number of hydrogen-bond acceptors (Lipinski definition) is 3. The van der Waals surface area contributed by atoms with Gasteiger partial charge in [-0.25, -0.2) is 0 Å². The molecule has 0 aliphatic carbocycles. The van der Waals surface area contributed by atoms with Crippen LogP contribution in [0.25, 0.3) is 0 Å². The van der Waals surface area contributed by atoms with Crippen molar-refractivity contribution in [2.24, 2.45) is 0 Å². The third kappa shape index (κ3) is 2.27. The van der Waals surface area contributed by atoms with Gasteiger partial charge in [-0.2, -0.15) is 0 Å². The standard InChI is InChI=1S/C12H24B2IO3/c1-9(2)10(3,4)16-13(15-9)14-17-11(5,6)12(7,8)18-14/h1-8H3/q-1. The van der Waals surface area contributed by atoms with E-state index >= 15 is 0 Å². The fourth-order valence-corrected chi connectivity index (χ4v) is 5.71. The van der Waals surface area contributed by atoms with Gasteiger partial charge in [-0.1, -0.05) is 0 Å². The molecule has 2 rings (SSSR count). The van der Waals surface area contributed by atoms with Crippen molar-refractivity contribution >= 4 is 11.7 Å². The van der Waals surface area contributed by atoms with Crippen molar-refractivity contribution < 1.29 is 35.0 Å². The molecule has 0 aromatic carbocycles. The summed E-state index contributed by atoms with van der Waals surface area (Å²) in [5.74, 6) is 0. The van der Waals surface area contributed by atoms with Crippen molar-refractivity contribution in [1.82, 2.24) is 0 Å². The number of alkyl halides is 1. The van der Waals surface area contributed by atoms with Gasteiger partial charge in [0.1, 0.15) is 0 Å². The number of halogens is 1. The van der Waals surface area contributed by atoms with Crippen LogP contribution in [0.5, 0.6) is 0 Å². The Kier molecular flexibility index (Phi) is 3.46. The Balaban J connectivity index is 2.14. The van der Waals surface area contributed by atoms with Gasteiger partial charge in [0.15, 0.2) is 0 Å². The molecule has 6 heteroatoms. The summed E-state index contributed by atoms with van der Waals surface area (Å²) in [4.78, 5) is 0. The molecule has 2 aliphatic heterocycles. The summed E-state index contributed by atoms with van der Waals surface area (Å²) in [5.41, 5.74) is -0.613. The van der Waals surface area contributed by atoms with Gasteiger partial charge in [0.2, 0.25) is 0 Å². The van der Waals surface area contributed by atoms with E-state index in [1.807, 2.05) is 0 Å². The predicted octanol–water partition coefficient (Wildman–Crippen LogP) is -0.678. The Bertz CT molecular complexity index is 289. The second kappa shape index (κ2) is 4.12. The Morgan fingerprint density at radius 2 is 1.11 bits per heavy atom. The molecule has 2 heterocycles. The summed E-state index contributed by atoms with van der Waals surface area (Å²) in [5, 5.41) is 0. The third-order valence-electron chi connectivity index (χ3n) is 4.70. The third-order valence-corrected chi connectivity index (χ3v) is 9.02. The van der Waals surface area contributed by atoms with E-state index in [9.17, 15) is 0 Å². The zero-order chi connectivity index (χ0) is 14.0. The molecular weight excluding hydrogens is 341 g/mol. The van der Waals surface area contributed by atoms with E-state index in [4.69, 9.17) is 14.0 Å². The van der Waals surface area contributed by atoms with Crippen molar-refractivity contribution in [3.63, 3.8) is 0 Å². The maximum absolute atomic E-state index is 6.23. The van der Waals surface area contributed by atoms with Crippen LogP contribution in [-0.4, -0.2) is 31.9 Å². The molecule has 0 atom stereocenters. The van der Waals surface area contributed by atoms with Gasteiger partial charge in [-0.15, -0.1) is 0 Å². The first kappa shape index (κ1) is 15.1. The van der Waals surface area contributed by atoms with Crippen LogP contribution in [0.15, 0.2) is 0 Å². The minimum atomic E-state index is -0.262. The molecule has 3 nitrogen and oxygen atoms in total. The van der Waals surface area contributed by atoms with Crippen LogP contribution in [0.2, 0.25) is 0 Å². The van der Waals surface area contributed by atoms with Crippen molar-refractivity contribution in [1.29, 1.82) is 0 Å². The molecule has 2 aliphatic rings. The Morgan fingerprint density at radius 1 is 0.667 bits per heavy atom. The second-order valence-electron chi connectivity index (χ2n) is 7.19. The number of rotatable bonds is 1. The monoisotopic (exact) mass is 365 g/mol. The topological polar surface area (TPSA) is 27.7 Å². The Hall–Kier alpha value is 0.740. The summed E-state index contributed by atoms with van der Waals surface area (Å²) < 4.78 is 18.8. The first-order valence-electron chi connectivity index (χ1n) is 6.56. The first-order valence-corrected chi connectivity index (χ1v) is 8.88. The van der Waals surface area contributed by atoms with Crippen LogP contribution < -0.4 is 21.0 Å². The SMILES string of the molecule is CC1(C)OB(B2OC(C)(C)C(C)(C)[I-]2)OC1(C)C. The molecule has 0 spiro atoms. The predicted molar refractivity (Wildman–Crippen MR) is 71.1 cm³/mol. The van der Waals surface area contributed by atoms with Crippen molar-refractivity contribution in [2.75, 3.05) is 0 Å². The maximum atomic E-state index is 6.23. The summed E-state index contributed by atoms with van der Waals surface area (Å²) >= 11 is -0.129. The van der Waals surface area contributed by atoms with Gasteiger partial charge in [-0.05, 0) is 0 Å². The van der Waals surface area contributed by atoms with Crippen LogP contribution in [0, 0.1) is 0 Å². The van der Waals surface area contributed by atoms with Gasteiger partial charge >= 0.3 is 122 Å².